The zero-order chi connectivity index (χ0) is 22.1. The van der Waals surface area contributed by atoms with Crippen LogP contribution in [0.25, 0.3) is 0 Å². The highest BCUT2D eigenvalue weighted by molar-refractivity contribution is 5.99. The molecule has 2 aromatic rings. The number of carbonyl (C=O) groups is 1. The summed E-state index contributed by atoms with van der Waals surface area (Å²) in [7, 11) is 0. The third-order valence-corrected chi connectivity index (χ3v) is 7.28. The Labute approximate surface area is 191 Å². The number of nitrogens with zero attached hydrogens (tertiary/aromatic N) is 3. The molecule has 172 valence electrons. The molecule has 6 heteroatoms. The van der Waals surface area contributed by atoms with Gasteiger partial charge in [-0.3, -0.25) is 14.6 Å². The molecular weight excluding hydrogens is 402 g/mol. The average Bonchev–Trinajstić information content (AvgIpc) is 3.53. The third-order valence-electron chi connectivity index (χ3n) is 7.28. The first kappa shape index (κ1) is 21.7. The second-order valence-corrected chi connectivity index (χ2v) is 9.55. The molecule has 0 radical (unpaired) electrons. The molecule has 0 N–H and O–H groups in total. The maximum atomic E-state index is 13.1. The molecule has 2 fully saturated rings. The van der Waals surface area contributed by atoms with Crippen molar-refractivity contribution in [3.63, 3.8) is 0 Å². The molecule has 0 aliphatic carbocycles. The van der Waals surface area contributed by atoms with E-state index in [0.717, 1.165) is 94.4 Å². The molecule has 2 saturated heterocycles. The molecule has 0 bridgehead atoms. The number of ketones is 1. The number of ether oxygens (including phenoxy) is 2. The molecule has 0 amide bonds. The Hall–Kier alpha value is -2.15. The highest BCUT2D eigenvalue weighted by Gasteiger charge is 2.24. The minimum absolute atomic E-state index is 0.240. The number of rotatable bonds is 7. The van der Waals surface area contributed by atoms with Crippen molar-refractivity contribution in [2.75, 3.05) is 45.9 Å². The monoisotopic (exact) mass is 437 g/mol. The van der Waals surface area contributed by atoms with Crippen molar-refractivity contribution in [1.82, 2.24) is 14.4 Å². The topological polar surface area (TPSA) is 46.9 Å². The fourth-order valence-corrected chi connectivity index (χ4v) is 5.35. The zero-order valence-electron chi connectivity index (χ0n) is 19.4. The molecule has 3 aliphatic heterocycles. The van der Waals surface area contributed by atoms with Crippen LogP contribution in [0.1, 0.15) is 45.7 Å². The van der Waals surface area contributed by atoms with Crippen molar-refractivity contribution in [1.29, 1.82) is 0 Å². The van der Waals surface area contributed by atoms with Gasteiger partial charge in [-0.2, -0.15) is 0 Å². The number of Topliss-reactive ketones (excluding diaryl/α,β-unsaturated/α-hetero) is 1. The lowest BCUT2D eigenvalue weighted by atomic mass is 10.1. The van der Waals surface area contributed by atoms with Crippen LogP contribution in [-0.2, 0) is 24.2 Å². The van der Waals surface area contributed by atoms with Crippen LogP contribution in [0.3, 0.4) is 0 Å². The van der Waals surface area contributed by atoms with Crippen molar-refractivity contribution >= 4 is 5.78 Å². The molecule has 0 saturated carbocycles. The molecular formula is C26H35N3O3. The van der Waals surface area contributed by atoms with Crippen molar-refractivity contribution in [3.05, 3.63) is 52.3 Å². The molecule has 0 spiro atoms. The molecule has 1 aromatic heterocycles. The lowest BCUT2D eigenvalue weighted by molar-refractivity contribution is 0.0841. The molecule has 1 aromatic carbocycles. The van der Waals surface area contributed by atoms with E-state index in [1.807, 2.05) is 0 Å². The van der Waals surface area contributed by atoms with Gasteiger partial charge in [-0.25, -0.2) is 0 Å². The molecule has 32 heavy (non-hydrogen) atoms. The summed E-state index contributed by atoms with van der Waals surface area (Å²) >= 11 is 0. The average molecular weight is 438 g/mol. The van der Waals surface area contributed by atoms with Crippen molar-refractivity contribution in [3.8, 4) is 5.75 Å². The maximum Gasteiger partial charge on any atom is 0.178 e. The van der Waals surface area contributed by atoms with E-state index in [4.69, 9.17) is 9.47 Å². The number of hydrogen-bond donors (Lipinski definition) is 0. The first-order chi connectivity index (χ1) is 15.6. The normalized spacial score (nSPS) is 21.6. The number of hydrogen-bond acceptors (Lipinski definition) is 5. The Balaban J connectivity index is 1.14. The van der Waals surface area contributed by atoms with Crippen LogP contribution in [0.4, 0.5) is 0 Å². The first-order valence-corrected chi connectivity index (χ1v) is 12.1. The SMILES string of the molecule is Cc1cc(C(=O)CN2CCN(Cc3ccc4c(c3)CCO4)CC2)c(C)n1CC1CCCO1. The van der Waals surface area contributed by atoms with Crippen molar-refractivity contribution in [2.45, 2.75) is 52.3 Å². The summed E-state index contributed by atoms with van der Waals surface area (Å²) in [6, 6.07) is 8.67. The number of carbonyl (C=O) groups excluding carboxylic acids is 1. The summed E-state index contributed by atoms with van der Waals surface area (Å²) in [6.07, 6.45) is 3.56. The van der Waals surface area contributed by atoms with Crippen LogP contribution in [0, 0.1) is 13.8 Å². The summed E-state index contributed by atoms with van der Waals surface area (Å²) in [6.45, 7) is 12.1. The van der Waals surface area contributed by atoms with Gasteiger partial charge in [-0.1, -0.05) is 12.1 Å². The van der Waals surface area contributed by atoms with Crippen LogP contribution in [0.2, 0.25) is 0 Å². The second-order valence-electron chi connectivity index (χ2n) is 9.55. The highest BCUT2D eigenvalue weighted by Crippen LogP contribution is 2.26. The van der Waals surface area contributed by atoms with E-state index in [0.29, 0.717) is 6.54 Å². The molecule has 5 rings (SSSR count). The van der Waals surface area contributed by atoms with Gasteiger partial charge in [-0.15, -0.1) is 0 Å². The van der Waals surface area contributed by atoms with Crippen molar-refractivity contribution in [2.24, 2.45) is 0 Å². The van der Waals surface area contributed by atoms with E-state index in [1.165, 1.54) is 11.1 Å². The maximum absolute atomic E-state index is 13.1. The van der Waals surface area contributed by atoms with E-state index in [2.05, 4.69) is 52.5 Å². The summed E-state index contributed by atoms with van der Waals surface area (Å²) in [4.78, 5) is 17.9. The lowest BCUT2D eigenvalue weighted by Gasteiger charge is -2.34. The summed E-state index contributed by atoms with van der Waals surface area (Å²) in [5, 5.41) is 0. The smallest absolute Gasteiger partial charge is 0.178 e. The standard InChI is InChI=1S/C26H35N3O3/c1-19-14-24(20(2)29(19)17-23-4-3-12-31-23)25(30)18-28-10-8-27(9-11-28)16-21-5-6-26-22(15-21)7-13-32-26/h5-6,14-15,23H,3-4,7-13,16-18H2,1-2H3. The number of piperazine rings is 1. The molecule has 1 atom stereocenters. The fourth-order valence-electron chi connectivity index (χ4n) is 5.35. The number of benzene rings is 1. The van der Waals surface area contributed by atoms with Gasteiger partial charge in [0.1, 0.15) is 5.75 Å². The van der Waals surface area contributed by atoms with Crippen molar-refractivity contribution < 1.29 is 14.3 Å². The summed E-state index contributed by atoms with van der Waals surface area (Å²) in [5.41, 5.74) is 5.82. The lowest BCUT2D eigenvalue weighted by Crippen LogP contribution is -2.47. The van der Waals surface area contributed by atoms with Crippen LogP contribution >= 0.6 is 0 Å². The van der Waals surface area contributed by atoms with Crippen LogP contribution in [0.15, 0.2) is 24.3 Å². The first-order valence-electron chi connectivity index (χ1n) is 12.1. The quantitative estimate of drug-likeness (QED) is 0.623. The van der Waals surface area contributed by atoms with Gasteiger partial charge in [0.05, 0.1) is 19.3 Å². The predicted molar refractivity (Wildman–Crippen MR) is 125 cm³/mol. The Kier molecular flexibility index (Phi) is 6.35. The van der Waals surface area contributed by atoms with E-state index >= 15 is 0 Å². The summed E-state index contributed by atoms with van der Waals surface area (Å²) < 4.78 is 13.7. The number of aromatic nitrogens is 1. The van der Waals surface area contributed by atoms with Crippen LogP contribution in [-0.4, -0.2) is 72.2 Å². The highest BCUT2D eigenvalue weighted by atomic mass is 16.5. The Bertz CT molecular complexity index is 969. The van der Waals surface area contributed by atoms with Gasteiger partial charge in [0.15, 0.2) is 5.78 Å². The van der Waals surface area contributed by atoms with Gasteiger partial charge in [0.25, 0.3) is 0 Å². The molecule has 4 heterocycles. The number of aryl methyl sites for hydroxylation is 1. The minimum Gasteiger partial charge on any atom is -0.493 e. The summed E-state index contributed by atoms with van der Waals surface area (Å²) in [5.74, 6) is 1.29. The van der Waals surface area contributed by atoms with E-state index < -0.39 is 0 Å². The van der Waals surface area contributed by atoms with Crippen LogP contribution in [0.5, 0.6) is 5.75 Å². The molecule has 1 unspecified atom stereocenters. The molecule has 6 nitrogen and oxygen atoms in total. The fraction of sp³-hybridized carbons (Fsp3) is 0.577. The third kappa shape index (κ3) is 4.63. The largest absolute Gasteiger partial charge is 0.493 e. The minimum atomic E-state index is 0.240. The Morgan fingerprint density at radius 2 is 1.88 bits per heavy atom. The van der Waals surface area contributed by atoms with Gasteiger partial charge in [-0.05, 0) is 49.9 Å². The Morgan fingerprint density at radius 3 is 2.66 bits per heavy atom. The van der Waals surface area contributed by atoms with E-state index in [9.17, 15) is 4.79 Å². The van der Waals surface area contributed by atoms with E-state index in [-0.39, 0.29) is 11.9 Å². The van der Waals surface area contributed by atoms with E-state index in [1.54, 1.807) is 0 Å². The zero-order valence-corrected chi connectivity index (χ0v) is 19.4. The molecule has 3 aliphatic rings. The predicted octanol–water partition coefficient (Wildman–Crippen LogP) is 3.22. The second kappa shape index (κ2) is 9.38. The number of fused-ring (bicyclic) bond motifs is 1. The van der Waals surface area contributed by atoms with Gasteiger partial charge >= 0.3 is 0 Å². The van der Waals surface area contributed by atoms with Gasteiger partial charge in [0, 0.05) is 69.2 Å². The van der Waals surface area contributed by atoms with Crippen LogP contribution < -0.4 is 4.74 Å². The van der Waals surface area contributed by atoms with Gasteiger partial charge < -0.3 is 14.0 Å². The van der Waals surface area contributed by atoms with Gasteiger partial charge in [0.2, 0.25) is 0 Å². The Morgan fingerprint density at radius 1 is 1.06 bits per heavy atom.